The van der Waals surface area contributed by atoms with E-state index >= 15 is 0 Å². The molecule has 20 heavy (non-hydrogen) atoms. The van der Waals surface area contributed by atoms with Gasteiger partial charge in [-0.15, -0.1) is 0 Å². The Morgan fingerprint density at radius 2 is 1.75 bits per heavy atom. The van der Waals surface area contributed by atoms with E-state index in [9.17, 15) is 4.39 Å². The van der Waals surface area contributed by atoms with Crippen LogP contribution in [0.3, 0.4) is 0 Å². The molecular formula is C16H16Cl2FN. The zero-order valence-electron chi connectivity index (χ0n) is 11.6. The Hall–Kier alpha value is -1.25. The third kappa shape index (κ3) is 3.08. The van der Waals surface area contributed by atoms with Crippen LogP contribution >= 0.6 is 23.2 Å². The van der Waals surface area contributed by atoms with Crippen LogP contribution in [0.15, 0.2) is 30.3 Å². The number of nitrogens with one attached hydrogen (secondary N) is 1. The van der Waals surface area contributed by atoms with Crippen molar-refractivity contribution in [2.45, 2.75) is 26.8 Å². The van der Waals surface area contributed by atoms with E-state index in [4.69, 9.17) is 23.2 Å². The molecule has 0 aromatic heterocycles. The number of halogens is 3. The first-order valence-corrected chi connectivity index (χ1v) is 7.13. The molecule has 0 bridgehead atoms. The third-order valence-corrected chi connectivity index (χ3v) is 4.12. The molecule has 106 valence electrons. The molecule has 2 aromatic rings. The molecule has 0 saturated carbocycles. The highest BCUT2D eigenvalue weighted by molar-refractivity contribution is 6.36. The maximum absolute atomic E-state index is 13.6. The number of rotatable bonds is 3. The summed E-state index contributed by atoms with van der Waals surface area (Å²) in [6, 6.07) is 8.69. The zero-order valence-corrected chi connectivity index (χ0v) is 13.1. The Morgan fingerprint density at radius 3 is 2.40 bits per heavy atom. The summed E-state index contributed by atoms with van der Waals surface area (Å²) >= 11 is 12.1. The summed E-state index contributed by atoms with van der Waals surface area (Å²) in [4.78, 5) is 0. The van der Waals surface area contributed by atoms with Gasteiger partial charge < -0.3 is 5.32 Å². The van der Waals surface area contributed by atoms with E-state index in [0.29, 0.717) is 10.6 Å². The van der Waals surface area contributed by atoms with Crippen LogP contribution in [0, 0.1) is 19.7 Å². The van der Waals surface area contributed by atoms with Crippen LogP contribution in [-0.2, 0) is 0 Å². The van der Waals surface area contributed by atoms with E-state index in [1.165, 1.54) is 23.3 Å². The lowest BCUT2D eigenvalue weighted by molar-refractivity contribution is 0.624. The SMILES string of the molecule is Cc1ccc(NC(C)c2c(Cl)ccc(F)c2Cl)cc1C. The van der Waals surface area contributed by atoms with Gasteiger partial charge in [0.15, 0.2) is 0 Å². The zero-order chi connectivity index (χ0) is 14.9. The summed E-state index contributed by atoms with van der Waals surface area (Å²) in [6.07, 6.45) is 0. The number of anilines is 1. The predicted molar refractivity (Wildman–Crippen MR) is 84.4 cm³/mol. The van der Waals surface area contributed by atoms with Gasteiger partial charge in [-0.05, 0) is 56.2 Å². The van der Waals surface area contributed by atoms with Gasteiger partial charge in [0.1, 0.15) is 5.82 Å². The molecular weight excluding hydrogens is 296 g/mol. The van der Waals surface area contributed by atoms with Gasteiger partial charge in [-0.1, -0.05) is 29.3 Å². The van der Waals surface area contributed by atoms with E-state index < -0.39 is 5.82 Å². The monoisotopic (exact) mass is 311 g/mol. The van der Waals surface area contributed by atoms with Gasteiger partial charge in [0.05, 0.1) is 11.1 Å². The Morgan fingerprint density at radius 1 is 1.05 bits per heavy atom. The van der Waals surface area contributed by atoms with Gasteiger partial charge in [-0.25, -0.2) is 4.39 Å². The molecule has 0 fully saturated rings. The lowest BCUT2D eigenvalue weighted by atomic mass is 10.1. The van der Waals surface area contributed by atoms with Gasteiger partial charge >= 0.3 is 0 Å². The molecule has 0 amide bonds. The Bertz CT molecular complexity index is 641. The normalized spacial score (nSPS) is 12.3. The highest BCUT2D eigenvalue weighted by Gasteiger charge is 2.17. The van der Waals surface area contributed by atoms with Crippen LogP contribution < -0.4 is 5.32 Å². The highest BCUT2D eigenvalue weighted by atomic mass is 35.5. The van der Waals surface area contributed by atoms with Crippen LogP contribution in [-0.4, -0.2) is 0 Å². The van der Waals surface area contributed by atoms with E-state index in [2.05, 4.69) is 12.2 Å². The van der Waals surface area contributed by atoms with Crippen molar-refractivity contribution in [2.24, 2.45) is 0 Å². The Balaban J connectivity index is 2.30. The average molecular weight is 312 g/mol. The van der Waals surface area contributed by atoms with Crippen molar-refractivity contribution in [3.05, 3.63) is 62.9 Å². The van der Waals surface area contributed by atoms with Crippen LogP contribution in [0.2, 0.25) is 10.0 Å². The number of benzene rings is 2. The molecule has 2 rings (SSSR count). The maximum Gasteiger partial charge on any atom is 0.142 e. The first-order valence-electron chi connectivity index (χ1n) is 6.37. The lowest BCUT2D eigenvalue weighted by Gasteiger charge is -2.19. The first-order chi connectivity index (χ1) is 9.40. The minimum atomic E-state index is -0.459. The van der Waals surface area contributed by atoms with Crippen molar-refractivity contribution >= 4 is 28.9 Å². The summed E-state index contributed by atoms with van der Waals surface area (Å²) in [5.74, 6) is -0.459. The fraction of sp³-hybridized carbons (Fsp3) is 0.250. The van der Waals surface area contributed by atoms with E-state index in [1.807, 2.05) is 32.0 Å². The number of aryl methyl sites for hydroxylation is 2. The fourth-order valence-electron chi connectivity index (χ4n) is 2.09. The van der Waals surface area contributed by atoms with Crippen molar-refractivity contribution < 1.29 is 4.39 Å². The molecule has 0 spiro atoms. The van der Waals surface area contributed by atoms with Crippen molar-refractivity contribution in [3.63, 3.8) is 0 Å². The fourth-order valence-corrected chi connectivity index (χ4v) is 2.79. The molecule has 0 aliphatic carbocycles. The van der Waals surface area contributed by atoms with E-state index in [-0.39, 0.29) is 11.1 Å². The highest BCUT2D eigenvalue weighted by Crippen LogP contribution is 2.34. The summed E-state index contributed by atoms with van der Waals surface area (Å²) in [5, 5.41) is 3.83. The minimum absolute atomic E-state index is 0.0707. The summed E-state index contributed by atoms with van der Waals surface area (Å²) in [7, 11) is 0. The van der Waals surface area contributed by atoms with Gasteiger partial charge in [0.25, 0.3) is 0 Å². The van der Waals surface area contributed by atoms with Gasteiger partial charge in [0, 0.05) is 16.3 Å². The van der Waals surface area contributed by atoms with Gasteiger partial charge in [0.2, 0.25) is 0 Å². The van der Waals surface area contributed by atoms with Crippen molar-refractivity contribution in [3.8, 4) is 0 Å². The third-order valence-electron chi connectivity index (χ3n) is 3.40. The van der Waals surface area contributed by atoms with Crippen LogP contribution in [0.4, 0.5) is 10.1 Å². The first kappa shape index (κ1) is 15.1. The Labute approximate surface area is 128 Å². The summed E-state index contributed by atoms with van der Waals surface area (Å²) in [6.45, 7) is 6.01. The second-order valence-electron chi connectivity index (χ2n) is 4.92. The number of hydrogen-bond acceptors (Lipinski definition) is 1. The van der Waals surface area contributed by atoms with Crippen LogP contribution in [0.1, 0.15) is 29.7 Å². The standard InChI is InChI=1S/C16H16Cl2FN/c1-9-4-5-12(8-10(9)2)20-11(3)15-13(17)6-7-14(19)16(15)18/h4-8,11,20H,1-3H3. The van der Waals surface area contributed by atoms with E-state index in [0.717, 1.165) is 5.69 Å². The van der Waals surface area contributed by atoms with Crippen LogP contribution in [0.25, 0.3) is 0 Å². The lowest BCUT2D eigenvalue weighted by Crippen LogP contribution is -2.09. The molecule has 0 aliphatic rings. The van der Waals surface area contributed by atoms with Gasteiger partial charge in [-0.2, -0.15) is 0 Å². The molecule has 1 unspecified atom stereocenters. The summed E-state index contributed by atoms with van der Waals surface area (Å²) < 4.78 is 13.6. The molecule has 1 N–H and O–H groups in total. The predicted octanol–water partition coefficient (Wildman–Crippen LogP) is 5.92. The average Bonchev–Trinajstić information content (AvgIpc) is 2.39. The van der Waals surface area contributed by atoms with Crippen molar-refractivity contribution in [2.75, 3.05) is 5.32 Å². The van der Waals surface area contributed by atoms with Crippen molar-refractivity contribution in [1.82, 2.24) is 0 Å². The van der Waals surface area contributed by atoms with Gasteiger partial charge in [-0.3, -0.25) is 0 Å². The van der Waals surface area contributed by atoms with Crippen LogP contribution in [0.5, 0.6) is 0 Å². The molecule has 0 saturated heterocycles. The van der Waals surface area contributed by atoms with E-state index in [1.54, 1.807) is 0 Å². The molecule has 2 aromatic carbocycles. The topological polar surface area (TPSA) is 12.0 Å². The second kappa shape index (κ2) is 6.02. The largest absolute Gasteiger partial charge is 0.378 e. The minimum Gasteiger partial charge on any atom is -0.378 e. The number of hydrogen-bond donors (Lipinski definition) is 1. The smallest absolute Gasteiger partial charge is 0.142 e. The maximum atomic E-state index is 13.6. The molecule has 1 nitrogen and oxygen atoms in total. The molecule has 4 heteroatoms. The quantitative estimate of drug-likeness (QED) is 0.693. The molecule has 0 heterocycles. The second-order valence-corrected chi connectivity index (χ2v) is 5.71. The molecule has 0 radical (unpaired) electrons. The molecule has 0 aliphatic heterocycles. The Kier molecular flexibility index (Phi) is 4.56. The molecule has 1 atom stereocenters. The van der Waals surface area contributed by atoms with Crippen molar-refractivity contribution in [1.29, 1.82) is 0 Å². The summed E-state index contributed by atoms with van der Waals surface area (Å²) in [5.41, 5.74) is 3.95.